The molecule has 0 saturated carbocycles. The number of rotatable bonds is 13. The average molecular weight is 269 g/mol. The Bertz CT molecular complexity index is 216. The second kappa shape index (κ2) is 12.5. The van der Waals surface area contributed by atoms with Crippen LogP contribution in [0.2, 0.25) is 0 Å². The number of amidine groups is 1. The summed E-state index contributed by atoms with van der Waals surface area (Å²) in [6.45, 7) is 9.65. The number of nitrogens with zero attached hydrogens (tertiary/aromatic N) is 1. The molecular weight excluding hydrogens is 234 g/mol. The third kappa shape index (κ3) is 11.0. The van der Waals surface area contributed by atoms with E-state index in [9.17, 15) is 0 Å². The molecule has 0 heterocycles. The summed E-state index contributed by atoms with van der Waals surface area (Å²) in [5.41, 5.74) is 5.53. The van der Waals surface area contributed by atoms with Crippen molar-refractivity contribution in [2.24, 2.45) is 11.7 Å². The van der Waals surface area contributed by atoms with Crippen LogP contribution in [0.1, 0.15) is 72.1 Å². The molecule has 1 atom stereocenters. The third-order valence-corrected chi connectivity index (χ3v) is 3.84. The molecule has 0 amide bonds. The molecule has 19 heavy (non-hydrogen) atoms. The molecule has 0 aliphatic rings. The molecule has 3 nitrogen and oxygen atoms in total. The summed E-state index contributed by atoms with van der Waals surface area (Å²) in [4.78, 5) is 2.42. The van der Waals surface area contributed by atoms with E-state index in [0.29, 0.717) is 5.84 Å². The second-order valence-electron chi connectivity index (χ2n) is 5.72. The quantitative estimate of drug-likeness (QED) is 0.301. The predicted molar refractivity (Wildman–Crippen MR) is 85.8 cm³/mol. The monoisotopic (exact) mass is 269 g/mol. The highest BCUT2D eigenvalue weighted by Gasteiger charge is 2.10. The Labute approximate surface area is 120 Å². The summed E-state index contributed by atoms with van der Waals surface area (Å²) in [6.07, 6.45) is 11.0. The number of nitrogens with two attached hydrogens (primary N) is 1. The Kier molecular flexibility index (Phi) is 12.1. The molecule has 1 unspecified atom stereocenters. The first-order valence-electron chi connectivity index (χ1n) is 8.18. The maximum Gasteiger partial charge on any atom is 0.0947 e. The molecule has 0 radical (unpaired) electrons. The van der Waals surface area contributed by atoms with Gasteiger partial charge in [-0.25, -0.2) is 0 Å². The van der Waals surface area contributed by atoms with Crippen LogP contribution in [-0.2, 0) is 0 Å². The highest BCUT2D eigenvalue weighted by Crippen LogP contribution is 2.09. The van der Waals surface area contributed by atoms with E-state index in [-0.39, 0.29) is 5.92 Å². The summed E-state index contributed by atoms with van der Waals surface area (Å²) in [6, 6.07) is 0. The summed E-state index contributed by atoms with van der Waals surface area (Å²) in [5.74, 6) is 0.503. The maximum absolute atomic E-state index is 7.44. The zero-order valence-corrected chi connectivity index (χ0v) is 13.4. The molecule has 0 aliphatic carbocycles. The van der Waals surface area contributed by atoms with Gasteiger partial charge in [-0.3, -0.25) is 5.41 Å². The van der Waals surface area contributed by atoms with Gasteiger partial charge in [0, 0.05) is 12.5 Å². The first kappa shape index (κ1) is 18.4. The molecule has 0 saturated heterocycles. The van der Waals surface area contributed by atoms with Crippen molar-refractivity contribution in [3.63, 3.8) is 0 Å². The predicted octanol–water partition coefficient (Wildman–Crippen LogP) is 4.02. The topological polar surface area (TPSA) is 53.1 Å². The van der Waals surface area contributed by atoms with Crippen LogP contribution in [0.15, 0.2) is 0 Å². The first-order valence-corrected chi connectivity index (χ1v) is 8.18. The molecule has 0 aromatic rings. The van der Waals surface area contributed by atoms with Crippen LogP contribution in [-0.4, -0.2) is 30.4 Å². The minimum atomic E-state index is 0.189. The van der Waals surface area contributed by atoms with E-state index < -0.39 is 0 Å². The van der Waals surface area contributed by atoms with Gasteiger partial charge < -0.3 is 10.6 Å². The molecule has 0 fully saturated rings. The Balaban J connectivity index is 3.48. The van der Waals surface area contributed by atoms with Gasteiger partial charge in [0.25, 0.3) is 0 Å². The van der Waals surface area contributed by atoms with E-state index in [0.717, 1.165) is 19.6 Å². The van der Waals surface area contributed by atoms with Crippen LogP contribution < -0.4 is 5.73 Å². The highest BCUT2D eigenvalue weighted by molar-refractivity contribution is 5.79. The van der Waals surface area contributed by atoms with Crippen molar-refractivity contribution in [1.29, 1.82) is 5.41 Å². The van der Waals surface area contributed by atoms with E-state index in [1.165, 1.54) is 51.4 Å². The summed E-state index contributed by atoms with van der Waals surface area (Å²) in [5, 5.41) is 7.44. The zero-order chi connectivity index (χ0) is 14.5. The lowest BCUT2D eigenvalue weighted by molar-refractivity contribution is 0.264. The molecule has 3 N–H and O–H groups in total. The fourth-order valence-corrected chi connectivity index (χ4v) is 2.33. The zero-order valence-electron chi connectivity index (χ0n) is 13.4. The van der Waals surface area contributed by atoms with Gasteiger partial charge in [-0.05, 0) is 19.5 Å². The van der Waals surface area contributed by atoms with Crippen molar-refractivity contribution in [1.82, 2.24) is 4.90 Å². The van der Waals surface area contributed by atoms with Gasteiger partial charge >= 0.3 is 0 Å². The number of hydrogen-bond acceptors (Lipinski definition) is 2. The van der Waals surface area contributed by atoms with E-state index in [1.807, 2.05) is 6.92 Å². The van der Waals surface area contributed by atoms with Gasteiger partial charge in [-0.1, -0.05) is 65.7 Å². The molecule has 0 spiro atoms. The summed E-state index contributed by atoms with van der Waals surface area (Å²) in [7, 11) is 0. The van der Waals surface area contributed by atoms with E-state index in [1.54, 1.807) is 0 Å². The van der Waals surface area contributed by atoms with Crippen molar-refractivity contribution < 1.29 is 0 Å². The Morgan fingerprint density at radius 2 is 1.53 bits per heavy atom. The molecule has 0 aromatic carbocycles. The van der Waals surface area contributed by atoms with Crippen LogP contribution in [0, 0.1) is 11.3 Å². The Morgan fingerprint density at radius 1 is 1.00 bits per heavy atom. The van der Waals surface area contributed by atoms with Gasteiger partial charge in [0.2, 0.25) is 0 Å². The van der Waals surface area contributed by atoms with Crippen molar-refractivity contribution in [3.05, 3.63) is 0 Å². The van der Waals surface area contributed by atoms with Gasteiger partial charge in [-0.15, -0.1) is 0 Å². The van der Waals surface area contributed by atoms with Crippen LogP contribution in [0.3, 0.4) is 0 Å². The molecule has 0 aromatic heterocycles. The van der Waals surface area contributed by atoms with Crippen molar-refractivity contribution in [2.75, 3.05) is 19.6 Å². The number of unbranched alkanes of at least 4 members (excludes halogenated alkanes) is 7. The molecule has 3 heteroatoms. The van der Waals surface area contributed by atoms with Gasteiger partial charge in [0.1, 0.15) is 0 Å². The van der Waals surface area contributed by atoms with Crippen LogP contribution >= 0.6 is 0 Å². The maximum atomic E-state index is 7.44. The normalized spacial score (nSPS) is 12.8. The Morgan fingerprint density at radius 3 is 2.00 bits per heavy atom. The van der Waals surface area contributed by atoms with Crippen molar-refractivity contribution in [2.45, 2.75) is 72.1 Å². The van der Waals surface area contributed by atoms with Crippen molar-refractivity contribution in [3.8, 4) is 0 Å². The SMILES string of the molecule is CCCCCCCCCCN(CC)CC(C)C(=N)N. The van der Waals surface area contributed by atoms with E-state index in [4.69, 9.17) is 11.1 Å². The fourth-order valence-electron chi connectivity index (χ4n) is 2.33. The van der Waals surface area contributed by atoms with Crippen molar-refractivity contribution >= 4 is 5.84 Å². The smallest absolute Gasteiger partial charge is 0.0947 e. The molecule has 0 bridgehead atoms. The lowest BCUT2D eigenvalue weighted by Gasteiger charge is -2.23. The van der Waals surface area contributed by atoms with Crippen LogP contribution in [0.4, 0.5) is 0 Å². The van der Waals surface area contributed by atoms with Gasteiger partial charge in [0.05, 0.1) is 5.84 Å². The van der Waals surface area contributed by atoms with Gasteiger partial charge in [0.15, 0.2) is 0 Å². The van der Waals surface area contributed by atoms with Gasteiger partial charge in [-0.2, -0.15) is 0 Å². The van der Waals surface area contributed by atoms with Crippen LogP contribution in [0.25, 0.3) is 0 Å². The van der Waals surface area contributed by atoms with Crippen LogP contribution in [0.5, 0.6) is 0 Å². The molecule has 0 rings (SSSR count). The minimum Gasteiger partial charge on any atom is -0.387 e. The lowest BCUT2D eigenvalue weighted by Crippen LogP contribution is -2.35. The number of nitrogens with one attached hydrogen (secondary N) is 1. The average Bonchev–Trinajstić information content (AvgIpc) is 2.39. The largest absolute Gasteiger partial charge is 0.387 e. The molecular formula is C16H35N3. The first-order chi connectivity index (χ1) is 9.11. The number of hydrogen-bond donors (Lipinski definition) is 2. The second-order valence-corrected chi connectivity index (χ2v) is 5.72. The highest BCUT2D eigenvalue weighted by atomic mass is 15.1. The lowest BCUT2D eigenvalue weighted by atomic mass is 10.1. The van der Waals surface area contributed by atoms with E-state index in [2.05, 4.69) is 18.7 Å². The summed E-state index contributed by atoms with van der Waals surface area (Å²) < 4.78 is 0. The third-order valence-electron chi connectivity index (χ3n) is 3.84. The van der Waals surface area contributed by atoms with E-state index >= 15 is 0 Å². The molecule has 114 valence electrons. The fraction of sp³-hybridized carbons (Fsp3) is 0.938. The standard InChI is InChI=1S/C16H35N3/c1-4-6-7-8-9-10-11-12-13-19(5-2)14-15(3)16(17)18/h15H,4-14H2,1-3H3,(H3,17,18). The summed E-state index contributed by atoms with van der Waals surface area (Å²) >= 11 is 0. The molecule has 0 aliphatic heterocycles. The minimum absolute atomic E-state index is 0.189. The Hall–Kier alpha value is -0.570.